The van der Waals surface area contributed by atoms with E-state index in [1.165, 1.54) is 0 Å². The lowest BCUT2D eigenvalue weighted by Gasteiger charge is -2.25. The normalized spacial score (nSPS) is 12.9. The molecular weight excluding hydrogens is 218 g/mol. The first-order valence-electron chi connectivity index (χ1n) is 5.61. The van der Waals surface area contributed by atoms with Crippen molar-refractivity contribution < 1.29 is 0 Å². The molecule has 1 unspecified atom stereocenters. The Kier molecular flexibility index (Phi) is 5.06. The van der Waals surface area contributed by atoms with Gasteiger partial charge in [0, 0.05) is 31.0 Å². The van der Waals surface area contributed by atoms with Gasteiger partial charge in [-0.15, -0.1) is 0 Å². The Bertz CT molecular complexity index is 328. The van der Waals surface area contributed by atoms with Crippen LogP contribution in [0.2, 0.25) is 0 Å². The molecule has 0 aliphatic heterocycles. The molecule has 0 N–H and O–H groups in total. The van der Waals surface area contributed by atoms with E-state index in [4.69, 9.17) is 0 Å². The maximum absolute atomic E-state index is 4.58. The van der Waals surface area contributed by atoms with Crippen molar-refractivity contribution >= 4 is 17.6 Å². The molecule has 3 nitrogen and oxygen atoms in total. The van der Waals surface area contributed by atoms with Gasteiger partial charge in [0.25, 0.3) is 0 Å². The molecule has 4 heteroatoms. The van der Waals surface area contributed by atoms with Crippen LogP contribution in [0.15, 0.2) is 12.3 Å². The predicted molar refractivity (Wildman–Crippen MR) is 72.4 cm³/mol. The van der Waals surface area contributed by atoms with E-state index in [9.17, 15) is 0 Å². The Labute approximate surface area is 103 Å². The smallest absolute Gasteiger partial charge is 0.133 e. The van der Waals surface area contributed by atoms with E-state index in [2.05, 4.69) is 48.9 Å². The fraction of sp³-hybridized carbons (Fsp3) is 0.667. The van der Waals surface area contributed by atoms with Gasteiger partial charge in [-0.3, -0.25) is 0 Å². The second-order valence-corrected chi connectivity index (χ2v) is 5.25. The number of anilines is 1. The van der Waals surface area contributed by atoms with Crippen LogP contribution in [0.4, 0.5) is 5.82 Å². The first-order valence-corrected chi connectivity index (χ1v) is 7.00. The van der Waals surface area contributed by atoms with Gasteiger partial charge in [-0.05, 0) is 19.2 Å². The average Bonchev–Trinajstić information content (AvgIpc) is 2.28. The van der Waals surface area contributed by atoms with E-state index in [1.54, 1.807) is 0 Å². The second-order valence-electron chi connectivity index (χ2n) is 4.34. The highest BCUT2D eigenvalue weighted by atomic mass is 32.2. The lowest BCUT2D eigenvalue weighted by molar-refractivity contribution is 0.725. The van der Waals surface area contributed by atoms with E-state index < -0.39 is 0 Å². The number of rotatable bonds is 5. The maximum atomic E-state index is 4.58. The fourth-order valence-corrected chi connectivity index (χ4v) is 2.12. The van der Waals surface area contributed by atoms with E-state index in [-0.39, 0.29) is 0 Å². The quantitative estimate of drug-likeness (QED) is 0.790. The van der Waals surface area contributed by atoms with Crippen LogP contribution in [0.3, 0.4) is 0 Å². The summed E-state index contributed by atoms with van der Waals surface area (Å²) < 4.78 is 0. The molecule has 1 aromatic heterocycles. The number of hydrogen-bond donors (Lipinski definition) is 0. The second kappa shape index (κ2) is 6.09. The monoisotopic (exact) mass is 239 g/mol. The van der Waals surface area contributed by atoms with Crippen molar-refractivity contribution in [2.75, 3.05) is 24.0 Å². The molecule has 1 rings (SSSR count). The molecule has 0 aliphatic carbocycles. The van der Waals surface area contributed by atoms with Gasteiger partial charge < -0.3 is 4.90 Å². The van der Waals surface area contributed by atoms with E-state index >= 15 is 0 Å². The van der Waals surface area contributed by atoms with Crippen LogP contribution in [-0.2, 0) is 0 Å². The summed E-state index contributed by atoms with van der Waals surface area (Å²) in [6.07, 6.45) is 3.98. The van der Waals surface area contributed by atoms with Gasteiger partial charge in [-0.2, -0.15) is 11.8 Å². The Hall–Kier alpha value is -0.770. The van der Waals surface area contributed by atoms with Crippen LogP contribution in [0.1, 0.15) is 32.5 Å². The van der Waals surface area contributed by atoms with Crippen molar-refractivity contribution in [2.45, 2.75) is 32.7 Å². The van der Waals surface area contributed by atoms with Crippen LogP contribution >= 0.6 is 11.8 Å². The Balaban J connectivity index is 2.82. The number of hydrogen-bond acceptors (Lipinski definition) is 4. The van der Waals surface area contributed by atoms with Crippen molar-refractivity contribution in [2.24, 2.45) is 0 Å². The Morgan fingerprint density at radius 2 is 2.06 bits per heavy atom. The lowest BCUT2D eigenvalue weighted by Crippen LogP contribution is -2.31. The fourth-order valence-electron chi connectivity index (χ4n) is 1.42. The number of aromatic nitrogens is 2. The zero-order valence-corrected chi connectivity index (χ0v) is 11.6. The lowest BCUT2D eigenvalue weighted by atomic mass is 10.2. The predicted octanol–water partition coefficient (Wildman–Crippen LogP) is 2.79. The molecular formula is C12H21N3S. The molecule has 1 heterocycles. The summed E-state index contributed by atoms with van der Waals surface area (Å²) in [5.74, 6) is 3.42. The number of nitrogens with zero attached hydrogens (tertiary/aromatic N) is 3. The third kappa shape index (κ3) is 3.37. The van der Waals surface area contributed by atoms with Gasteiger partial charge in [0.1, 0.15) is 11.6 Å². The third-order valence-electron chi connectivity index (χ3n) is 2.61. The summed E-state index contributed by atoms with van der Waals surface area (Å²) in [6.45, 7) is 6.45. The summed E-state index contributed by atoms with van der Waals surface area (Å²) in [6, 6.07) is 2.47. The molecule has 0 fully saturated rings. The molecule has 0 aliphatic rings. The molecule has 0 saturated heterocycles. The minimum Gasteiger partial charge on any atom is -0.356 e. The molecule has 0 radical (unpaired) electrons. The summed E-state index contributed by atoms with van der Waals surface area (Å²) in [4.78, 5) is 11.1. The van der Waals surface area contributed by atoms with E-state index in [0.29, 0.717) is 12.0 Å². The van der Waals surface area contributed by atoms with Crippen LogP contribution in [0.25, 0.3) is 0 Å². The van der Waals surface area contributed by atoms with Gasteiger partial charge >= 0.3 is 0 Å². The summed E-state index contributed by atoms with van der Waals surface area (Å²) in [5, 5.41) is 0. The van der Waals surface area contributed by atoms with Crippen LogP contribution < -0.4 is 4.90 Å². The van der Waals surface area contributed by atoms with E-state index in [1.807, 2.05) is 24.0 Å². The van der Waals surface area contributed by atoms with Gasteiger partial charge in [-0.1, -0.05) is 13.8 Å². The van der Waals surface area contributed by atoms with E-state index in [0.717, 1.165) is 17.4 Å². The van der Waals surface area contributed by atoms with Crippen molar-refractivity contribution in [1.29, 1.82) is 0 Å². The minimum atomic E-state index is 0.379. The van der Waals surface area contributed by atoms with Crippen LogP contribution in [-0.4, -0.2) is 35.1 Å². The highest BCUT2D eigenvalue weighted by Crippen LogP contribution is 2.16. The van der Waals surface area contributed by atoms with Crippen LogP contribution in [0, 0.1) is 0 Å². The molecule has 0 saturated carbocycles. The summed E-state index contributed by atoms with van der Waals surface area (Å²) >= 11 is 1.86. The van der Waals surface area contributed by atoms with Crippen LogP contribution in [0.5, 0.6) is 0 Å². The standard InChI is InChI=1S/C12H21N3S/c1-9(2)12-13-7-6-11(14-12)15(4)10(3)8-16-5/h6-7,9-10H,8H2,1-5H3. The highest BCUT2D eigenvalue weighted by molar-refractivity contribution is 7.98. The van der Waals surface area contributed by atoms with Gasteiger partial charge in [0.05, 0.1) is 0 Å². The van der Waals surface area contributed by atoms with Crippen molar-refractivity contribution in [3.8, 4) is 0 Å². The molecule has 90 valence electrons. The van der Waals surface area contributed by atoms with Crippen molar-refractivity contribution in [1.82, 2.24) is 9.97 Å². The molecule has 1 atom stereocenters. The highest BCUT2D eigenvalue weighted by Gasteiger charge is 2.12. The molecule has 0 amide bonds. The molecule has 0 bridgehead atoms. The molecule has 0 spiro atoms. The number of thioether (sulfide) groups is 1. The Morgan fingerprint density at radius 1 is 1.38 bits per heavy atom. The SMILES string of the molecule is CSCC(C)N(C)c1ccnc(C(C)C)n1. The first-order chi connectivity index (χ1) is 7.56. The van der Waals surface area contributed by atoms with Gasteiger partial charge in [-0.25, -0.2) is 9.97 Å². The zero-order chi connectivity index (χ0) is 12.1. The first kappa shape index (κ1) is 13.3. The molecule has 1 aromatic rings. The van der Waals surface area contributed by atoms with Crippen molar-refractivity contribution in [3.63, 3.8) is 0 Å². The average molecular weight is 239 g/mol. The van der Waals surface area contributed by atoms with Gasteiger partial charge in [0.2, 0.25) is 0 Å². The summed E-state index contributed by atoms with van der Waals surface area (Å²) in [7, 11) is 2.09. The Morgan fingerprint density at radius 3 is 2.62 bits per heavy atom. The molecule has 16 heavy (non-hydrogen) atoms. The molecule has 0 aromatic carbocycles. The van der Waals surface area contributed by atoms with Crippen molar-refractivity contribution in [3.05, 3.63) is 18.1 Å². The topological polar surface area (TPSA) is 29.0 Å². The summed E-state index contributed by atoms with van der Waals surface area (Å²) in [5.41, 5.74) is 0. The third-order valence-corrected chi connectivity index (χ3v) is 3.42. The van der Waals surface area contributed by atoms with Gasteiger partial charge in [0.15, 0.2) is 0 Å². The zero-order valence-electron chi connectivity index (χ0n) is 10.8. The largest absolute Gasteiger partial charge is 0.356 e. The minimum absolute atomic E-state index is 0.379. The maximum Gasteiger partial charge on any atom is 0.133 e.